The molecule has 0 saturated carbocycles. The molecule has 0 radical (unpaired) electrons. The molecule has 0 amide bonds. The van der Waals surface area contributed by atoms with E-state index in [0.29, 0.717) is 12.0 Å². The predicted octanol–water partition coefficient (Wildman–Crippen LogP) is 3.00. The lowest BCUT2D eigenvalue weighted by Crippen LogP contribution is -2.48. The van der Waals surface area contributed by atoms with E-state index in [9.17, 15) is 4.39 Å². The molecular formula is C17H26ClFN2O. The maximum absolute atomic E-state index is 13.6. The molecule has 2 rings (SSSR count). The lowest BCUT2D eigenvalue weighted by molar-refractivity contribution is 0.0717. The smallest absolute Gasteiger partial charge is 0.142 e. The molecule has 1 aromatic carbocycles. The number of aliphatic hydroxyl groups excluding tert-OH is 1. The van der Waals surface area contributed by atoms with E-state index in [1.165, 1.54) is 6.07 Å². The molecule has 0 unspecified atom stereocenters. The lowest BCUT2D eigenvalue weighted by Gasteiger charge is -2.41. The maximum Gasteiger partial charge on any atom is 0.142 e. The van der Waals surface area contributed by atoms with Gasteiger partial charge in [-0.25, -0.2) is 4.39 Å². The highest BCUT2D eigenvalue weighted by Crippen LogP contribution is 2.26. The van der Waals surface area contributed by atoms with Gasteiger partial charge in [-0.05, 0) is 63.5 Å². The molecule has 124 valence electrons. The molecule has 1 N–H and O–H groups in total. The highest BCUT2D eigenvalue weighted by atomic mass is 35.5. The first-order valence-corrected chi connectivity index (χ1v) is 8.32. The van der Waals surface area contributed by atoms with Gasteiger partial charge in [0.1, 0.15) is 5.82 Å². The second-order valence-electron chi connectivity index (χ2n) is 6.43. The van der Waals surface area contributed by atoms with Gasteiger partial charge < -0.3 is 10.0 Å². The van der Waals surface area contributed by atoms with Crippen LogP contribution >= 0.6 is 11.6 Å². The van der Waals surface area contributed by atoms with Gasteiger partial charge in [0.2, 0.25) is 0 Å². The van der Waals surface area contributed by atoms with E-state index in [-0.39, 0.29) is 17.4 Å². The Kier molecular flexibility index (Phi) is 6.63. The predicted molar refractivity (Wildman–Crippen MR) is 88.6 cm³/mol. The second-order valence-corrected chi connectivity index (χ2v) is 6.84. The summed E-state index contributed by atoms with van der Waals surface area (Å²) in [5, 5.41) is 9.27. The van der Waals surface area contributed by atoms with Gasteiger partial charge in [0.15, 0.2) is 0 Å². The Bertz CT molecular complexity index is 484. The highest BCUT2D eigenvalue weighted by molar-refractivity contribution is 6.30. The van der Waals surface area contributed by atoms with E-state index in [1.54, 1.807) is 6.07 Å². The average Bonchev–Trinajstić information content (AvgIpc) is 2.49. The van der Waals surface area contributed by atoms with Gasteiger partial charge in [0.05, 0.1) is 5.02 Å². The molecule has 0 aromatic heterocycles. The van der Waals surface area contributed by atoms with Crippen LogP contribution in [0, 0.1) is 11.7 Å². The van der Waals surface area contributed by atoms with Gasteiger partial charge in [0.25, 0.3) is 0 Å². The van der Waals surface area contributed by atoms with Crippen molar-refractivity contribution in [1.29, 1.82) is 0 Å². The number of halogens is 2. The maximum atomic E-state index is 13.6. The van der Waals surface area contributed by atoms with Crippen molar-refractivity contribution < 1.29 is 9.50 Å². The molecule has 1 saturated heterocycles. The van der Waals surface area contributed by atoms with Crippen LogP contribution in [-0.4, -0.2) is 54.7 Å². The van der Waals surface area contributed by atoms with Crippen LogP contribution in [0.1, 0.15) is 24.8 Å². The topological polar surface area (TPSA) is 26.7 Å². The lowest BCUT2D eigenvalue weighted by atomic mass is 9.87. The van der Waals surface area contributed by atoms with E-state index >= 15 is 0 Å². The number of nitrogens with zero attached hydrogens (tertiary/aromatic N) is 2. The number of likely N-dealkylation sites (tertiary alicyclic amines) is 1. The number of aliphatic hydroxyl groups is 1. The van der Waals surface area contributed by atoms with Crippen molar-refractivity contribution in [1.82, 2.24) is 9.80 Å². The zero-order chi connectivity index (χ0) is 16.1. The fraction of sp³-hybridized carbons (Fsp3) is 0.647. The second kappa shape index (κ2) is 8.25. The molecule has 3 nitrogen and oxygen atoms in total. The number of piperidine rings is 1. The van der Waals surface area contributed by atoms with Crippen LogP contribution in [0.15, 0.2) is 18.2 Å². The van der Waals surface area contributed by atoms with Gasteiger partial charge in [0, 0.05) is 25.7 Å². The first-order chi connectivity index (χ1) is 10.5. The van der Waals surface area contributed by atoms with E-state index in [1.807, 2.05) is 6.07 Å². The third-order valence-electron chi connectivity index (χ3n) is 4.56. The Morgan fingerprint density at radius 1 is 1.41 bits per heavy atom. The summed E-state index contributed by atoms with van der Waals surface area (Å²) in [4.78, 5) is 4.67. The van der Waals surface area contributed by atoms with Crippen LogP contribution in [0.25, 0.3) is 0 Å². The molecule has 0 bridgehead atoms. The normalized spacial score (nSPS) is 23.2. The average molecular weight is 329 g/mol. The van der Waals surface area contributed by atoms with Crippen molar-refractivity contribution in [3.8, 4) is 0 Å². The summed E-state index contributed by atoms with van der Waals surface area (Å²) in [5.74, 6) is 0.201. The van der Waals surface area contributed by atoms with E-state index in [4.69, 9.17) is 16.7 Å². The summed E-state index contributed by atoms with van der Waals surface area (Å²) in [6.45, 7) is 3.01. The number of rotatable bonds is 6. The highest BCUT2D eigenvalue weighted by Gasteiger charge is 2.30. The molecule has 1 aliphatic heterocycles. The van der Waals surface area contributed by atoms with Crippen molar-refractivity contribution in [3.05, 3.63) is 34.6 Å². The van der Waals surface area contributed by atoms with Gasteiger partial charge in [-0.3, -0.25) is 4.90 Å². The Hall–Kier alpha value is -0.680. The van der Waals surface area contributed by atoms with E-state index in [0.717, 1.165) is 44.5 Å². The molecule has 1 heterocycles. The minimum atomic E-state index is -0.348. The van der Waals surface area contributed by atoms with Gasteiger partial charge >= 0.3 is 0 Å². The zero-order valence-corrected chi connectivity index (χ0v) is 14.2. The third kappa shape index (κ3) is 4.66. The van der Waals surface area contributed by atoms with Crippen molar-refractivity contribution in [2.75, 3.05) is 33.8 Å². The molecule has 0 spiro atoms. The van der Waals surface area contributed by atoms with E-state index in [2.05, 4.69) is 23.9 Å². The van der Waals surface area contributed by atoms with Crippen LogP contribution in [0.3, 0.4) is 0 Å². The molecule has 1 aliphatic rings. The largest absolute Gasteiger partial charge is 0.396 e. The Morgan fingerprint density at radius 2 is 2.18 bits per heavy atom. The summed E-state index contributed by atoms with van der Waals surface area (Å²) in [6, 6.07) is 5.61. The zero-order valence-electron chi connectivity index (χ0n) is 13.4. The SMILES string of the molecule is CN(C)[C@@H]1CCN(Cc2ccc(Cl)c(F)c2)C[C@@H]1CCCO. The number of hydrogen-bond acceptors (Lipinski definition) is 3. The third-order valence-corrected chi connectivity index (χ3v) is 4.87. The summed E-state index contributed by atoms with van der Waals surface area (Å²) in [5.41, 5.74) is 0.964. The standard InChI is InChI=1S/C17H26ClFN2O/c1-20(2)17-7-8-21(12-14(17)4-3-9-22)11-13-5-6-15(18)16(19)10-13/h5-6,10,14,17,22H,3-4,7-9,11-12H2,1-2H3/t14-,17+/m0/s1. The Balaban J connectivity index is 1.99. The molecule has 0 aliphatic carbocycles. The minimum Gasteiger partial charge on any atom is -0.396 e. The van der Waals surface area contributed by atoms with Crippen LogP contribution in [0.4, 0.5) is 4.39 Å². The van der Waals surface area contributed by atoms with Crippen molar-refractivity contribution >= 4 is 11.6 Å². The van der Waals surface area contributed by atoms with Gasteiger partial charge in [-0.15, -0.1) is 0 Å². The monoisotopic (exact) mass is 328 g/mol. The van der Waals surface area contributed by atoms with Gasteiger partial charge in [-0.1, -0.05) is 17.7 Å². The quantitative estimate of drug-likeness (QED) is 0.869. The fourth-order valence-electron chi connectivity index (χ4n) is 3.45. The van der Waals surface area contributed by atoms with Crippen LogP contribution in [0.2, 0.25) is 5.02 Å². The van der Waals surface area contributed by atoms with Gasteiger partial charge in [-0.2, -0.15) is 0 Å². The minimum absolute atomic E-state index is 0.177. The summed E-state index contributed by atoms with van der Waals surface area (Å²) >= 11 is 5.74. The fourth-order valence-corrected chi connectivity index (χ4v) is 3.57. The number of benzene rings is 1. The Labute approximate surface area is 137 Å². The summed E-state index contributed by atoms with van der Waals surface area (Å²) < 4.78 is 13.6. The molecule has 5 heteroatoms. The first-order valence-electron chi connectivity index (χ1n) is 7.95. The van der Waals surface area contributed by atoms with Crippen LogP contribution in [-0.2, 0) is 6.54 Å². The molecule has 22 heavy (non-hydrogen) atoms. The van der Waals surface area contributed by atoms with Crippen molar-refractivity contribution in [2.45, 2.75) is 31.8 Å². The summed E-state index contributed by atoms with van der Waals surface area (Å²) in [7, 11) is 4.25. The molecular weight excluding hydrogens is 303 g/mol. The van der Waals surface area contributed by atoms with Crippen molar-refractivity contribution in [3.63, 3.8) is 0 Å². The summed E-state index contributed by atoms with van der Waals surface area (Å²) in [6.07, 6.45) is 2.99. The van der Waals surface area contributed by atoms with Crippen molar-refractivity contribution in [2.24, 2.45) is 5.92 Å². The number of hydrogen-bond donors (Lipinski definition) is 1. The van der Waals surface area contributed by atoms with E-state index < -0.39 is 0 Å². The molecule has 1 fully saturated rings. The van der Waals surface area contributed by atoms with Crippen LogP contribution < -0.4 is 0 Å². The molecule has 1 aromatic rings. The van der Waals surface area contributed by atoms with Crippen LogP contribution in [0.5, 0.6) is 0 Å². The Morgan fingerprint density at radius 3 is 2.82 bits per heavy atom. The molecule has 2 atom stereocenters. The first kappa shape index (κ1) is 17.7.